The van der Waals surface area contributed by atoms with Crippen LogP contribution in [0.1, 0.15) is 0 Å². The van der Waals surface area contributed by atoms with Crippen LogP contribution in [-0.4, -0.2) is 19.7 Å². The molecule has 100 valence electrons. The molecule has 0 bridgehead atoms. The van der Waals surface area contributed by atoms with Gasteiger partial charge >= 0.3 is 0 Å². The Morgan fingerprint density at radius 1 is 0.900 bits per heavy atom. The van der Waals surface area contributed by atoms with E-state index in [-0.39, 0.29) is 5.03 Å². The molecule has 1 heterocycles. The van der Waals surface area contributed by atoms with E-state index < -0.39 is 9.84 Å². The van der Waals surface area contributed by atoms with E-state index >= 15 is 0 Å². The lowest BCUT2D eigenvalue weighted by atomic mass is 10.0. The maximum atomic E-state index is 11.8. The number of benzene rings is 2. The third kappa shape index (κ3) is 2.30. The van der Waals surface area contributed by atoms with Gasteiger partial charge in [-0.1, -0.05) is 54.6 Å². The van der Waals surface area contributed by atoms with Crippen LogP contribution in [0.25, 0.3) is 22.0 Å². The van der Waals surface area contributed by atoms with Crippen LogP contribution in [0.5, 0.6) is 0 Å². The summed E-state index contributed by atoms with van der Waals surface area (Å²) >= 11 is 0. The fourth-order valence-corrected chi connectivity index (χ4v) is 2.78. The van der Waals surface area contributed by atoms with Crippen molar-refractivity contribution < 1.29 is 8.42 Å². The van der Waals surface area contributed by atoms with Gasteiger partial charge in [0.15, 0.2) is 14.9 Å². The van der Waals surface area contributed by atoms with Crippen LogP contribution in [0.4, 0.5) is 0 Å². The summed E-state index contributed by atoms with van der Waals surface area (Å²) in [6.07, 6.45) is 1.18. The minimum atomic E-state index is -3.34. The number of nitrogens with zero attached hydrogens (tertiary/aromatic N) is 1. The average molecular weight is 283 g/mol. The van der Waals surface area contributed by atoms with Crippen molar-refractivity contribution in [2.24, 2.45) is 0 Å². The lowest BCUT2D eigenvalue weighted by Gasteiger charge is -2.08. The molecule has 0 N–H and O–H groups in total. The lowest BCUT2D eigenvalue weighted by Crippen LogP contribution is -2.02. The molecule has 3 aromatic rings. The fourth-order valence-electron chi connectivity index (χ4n) is 2.18. The molecule has 1 aromatic heterocycles. The molecule has 2 aromatic carbocycles. The maximum absolute atomic E-state index is 11.8. The molecular weight excluding hydrogens is 270 g/mol. The quantitative estimate of drug-likeness (QED) is 0.725. The van der Waals surface area contributed by atoms with Gasteiger partial charge in [-0.3, -0.25) is 0 Å². The molecule has 0 aliphatic carbocycles. The zero-order valence-corrected chi connectivity index (χ0v) is 11.8. The van der Waals surface area contributed by atoms with Crippen LogP contribution in [0, 0.1) is 0 Å². The zero-order valence-electron chi connectivity index (χ0n) is 10.9. The van der Waals surface area contributed by atoms with E-state index in [0.717, 1.165) is 16.3 Å². The molecule has 0 saturated carbocycles. The second-order valence-corrected chi connectivity index (χ2v) is 6.63. The fraction of sp³-hybridized carbons (Fsp3) is 0.0625. The van der Waals surface area contributed by atoms with Crippen LogP contribution in [0.2, 0.25) is 0 Å². The first-order valence-corrected chi connectivity index (χ1v) is 8.10. The lowest BCUT2D eigenvalue weighted by molar-refractivity contribution is 0.598. The normalized spacial score (nSPS) is 11.7. The van der Waals surface area contributed by atoms with Crippen LogP contribution in [0.3, 0.4) is 0 Å². The van der Waals surface area contributed by atoms with Crippen molar-refractivity contribution in [2.75, 3.05) is 6.26 Å². The monoisotopic (exact) mass is 283 g/mol. The Hall–Kier alpha value is -2.20. The highest BCUT2D eigenvalue weighted by atomic mass is 32.2. The number of rotatable bonds is 2. The van der Waals surface area contributed by atoms with E-state index in [1.807, 2.05) is 54.6 Å². The molecule has 3 rings (SSSR count). The molecule has 0 fully saturated rings. The molecule has 3 nitrogen and oxygen atoms in total. The number of hydrogen-bond acceptors (Lipinski definition) is 3. The average Bonchev–Trinajstić information content (AvgIpc) is 2.46. The number of hydrogen-bond donors (Lipinski definition) is 0. The molecule has 0 radical (unpaired) electrons. The van der Waals surface area contributed by atoms with Gasteiger partial charge in [0.2, 0.25) is 0 Å². The zero-order chi connectivity index (χ0) is 14.2. The van der Waals surface area contributed by atoms with Gasteiger partial charge in [0, 0.05) is 17.2 Å². The summed E-state index contributed by atoms with van der Waals surface area (Å²) in [5.74, 6) is 0. The van der Waals surface area contributed by atoms with Crippen LogP contribution >= 0.6 is 0 Å². The molecule has 0 unspecified atom stereocenters. The summed E-state index contributed by atoms with van der Waals surface area (Å²) in [5.41, 5.74) is 1.61. The smallest absolute Gasteiger partial charge is 0.192 e. The summed E-state index contributed by atoms with van der Waals surface area (Å²) in [7, 11) is -3.34. The molecule has 0 saturated heterocycles. The minimum absolute atomic E-state index is 0.107. The van der Waals surface area contributed by atoms with Gasteiger partial charge in [-0.25, -0.2) is 13.4 Å². The predicted octanol–water partition coefficient (Wildman–Crippen LogP) is 3.31. The number of aromatic nitrogens is 1. The molecule has 0 atom stereocenters. The summed E-state index contributed by atoms with van der Waals surface area (Å²) < 4.78 is 23.6. The van der Waals surface area contributed by atoms with Crippen molar-refractivity contribution in [1.29, 1.82) is 0 Å². The summed E-state index contributed by atoms with van der Waals surface area (Å²) in [5, 5.41) is 1.93. The largest absolute Gasteiger partial charge is 0.236 e. The Bertz CT molecular complexity index is 871. The molecular formula is C16H13NO2S. The Kier molecular flexibility index (Phi) is 3.03. The van der Waals surface area contributed by atoms with Gasteiger partial charge in [0.25, 0.3) is 0 Å². The minimum Gasteiger partial charge on any atom is -0.236 e. The highest BCUT2D eigenvalue weighted by Crippen LogP contribution is 2.28. The number of sulfone groups is 1. The van der Waals surface area contributed by atoms with E-state index in [1.54, 1.807) is 6.07 Å². The molecule has 0 aliphatic heterocycles. The Morgan fingerprint density at radius 2 is 1.55 bits per heavy atom. The SMILES string of the molecule is CS(=O)(=O)c1cc2ccccc2c(-c2ccccc2)n1. The van der Waals surface area contributed by atoms with Crippen molar-refractivity contribution in [3.05, 3.63) is 60.7 Å². The third-order valence-corrected chi connectivity index (χ3v) is 4.11. The van der Waals surface area contributed by atoms with E-state index in [2.05, 4.69) is 4.98 Å². The maximum Gasteiger partial charge on any atom is 0.192 e. The Morgan fingerprint density at radius 3 is 2.25 bits per heavy atom. The van der Waals surface area contributed by atoms with Gasteiger partial charge in [0.05, 0.1) is 5.69 Å². The van der Waals surface area contributed by atoms with Crippen LogP contribution < -0.4 is 0 Å². The van der Waals surface area contributed by atoms with Gasteiger partial charge in [0.1, 0.15) is 0 Å². The number of pyridine rings is 1. The van der Waals surface area contributed by atoms with Crippen molar-refractivity contribution in [3.63, 3.8) is 0 Å². The van der Waals surface area contributed by atoms with Crippen molar-refractivity contribution in [2.45, 2.75) is 5.03 Å². The Balaban J connectivity index is 2.40. The van der Waals surface area contributed by atoms with Crippen LogP contribution in [0.15, 0.2) is 65.7 Å². The summed E-state index contributed by atoms with van der Waals surface area (Å²) in [6, 6.07) is 18.9. The number of fused-ring (bicyclic) bond motifs is 1. The first-order valence-electron chi connectivity index (χ1n) is 6.21. The highest BCUT2D eigenvalue weighted by molar-refractivity contribution is 7.90. The molecule has 20 heavy (non-hydrogen) atoms. The van der Waals surface area contributed by atoms with Crippen molar-refractivity contribution in [3.8, 4) is 11.3 Å². The molecule has 0 aliphatic rings. The van der Waals surface area contributed by atoms with Gasteiger partial charge in [-0.05, 0) is 11.5 Å². The van der Waals surface area contributed by atoms with Crippen molar-refractivity contribution >= 4 is 20.6 Å². The second-order valence-electron chi connectivity index (χ2n) is 4.67. The van der Waals surface area contributed by atoms with E-state index in [1.165, 1.54) is 6.26 Å². The van der Waals surface area contributed by atoms with E-state index in [9.17, 15) is 8.42 Å². The standard InChI is InChI=1S/C16H13NO2S/c1-20(18,19)15-11-13-9-5-6-10-14(13)16(17-15)12-7-3-2-4-8-12/h2-11H,1H3. The van der Waals surface area contributed by atoms with Gasteiger partial charge in [-0.2, -0.15) is 0 Å². The van der Waals surface area contributed by atoms with Gasteiger partial charge in [-0.15, -0.1) is 0 Å². The first-order chi connectivity index (χ1) is 9.55. The third-order valence-electron chi connectivity index (χ3n) is 3.14. The van der Waals surface area contributed by atoms with E-state index in [0.29, 0.717) is 5.69 Å². The van der Waals surface area contributed by atoms with Gasteiger partial charge < -0.3 is 0 Å². The predicted molar refractivity (Wildman–Crippen MR) is 80.3 cm³/mol. The summed E-state index contributed by atoms with van der Waals surface area (Å²) in [4.78, 5) is 4.35. The first kappa shape index (κ1) is 12.8. The molecule has 4 heteroatoms. The molecule has 0 spiro atoms. The van der Waals surface area contributed by atoms with Crippen molar-refractivity contribution in [1.82, 2.24) is 4.98 Å². The van der Waals surface area contributed by atoms with Crippen LogP contribution in [-0.2, 0) is 9.84 Å². The second kappa shape index (κ2) is 4.72. The topological polar surface area (TPSA) is 47.0 Å². The van der Waals surface area contributed by atoms with E-state index in [4.69, 9.17) is 0 Å². The molecule has 0 amide bonds. The summed E-state index contributed by atoms with van der Waals surface area (Å²) in [6.45, 7) is 0. The Labute approximate surface area is 117 Å². The highest BCUT2D eigenvalue weighted by Gasteiger charge is 2.14.